The molecular formula is C11H20N4S. The topological polar surface area (TPSA) is 33.1 Å². The van der Waals surface area contributed by atoms with Gasteiger partial charge >= 0.3 is 0 Å². The van der Waals surface area contributed by atoms with Gasteiger partial charge in [0.15, 0.2) is 5.11 Å². The third-order valence-corrected chi connectivity index (χ3v) is 3.07. The van der Waals surface area contributed by atoms with Crippen molar-refractivity contribution in [1.29, 1.82) is 0 Å². The first kappa shape index (κ1) is 13.0. The molecule has 1 rings (SSSR count). The Morgan fingerprint density at radius 3 is 2.81 bits per heavy atom. The van der Waals surface area contributed by atoms with Gasteiger partial charge in [-0.15, -0.1) is 0 Å². The van der Waals surface area contributed by atoms with Crippen LogP contribution in [0.4, 0.5) is 0 Å². The molecule has 0 aromatic carbocycles. The van der Waals surface area contributed by atoms with Crippen LogP contribution in [0.15, 0.2) is 6.20 Å². The van der Waals surface area contributed by atoms with Crippen molar-refractivity contribution in [1.82, 2.24) is 20.0 Å². The van der Waals surface area contributed by atoms with Crippen LogP contribution in [0.1, 0.15) is 24.6 Å². The standard InChI is InChI=1S/C11H20N4S/c1-5-6-12-11(16)14(3)8-10-7-13-15(4)9(10)2/h7H,5-6,8H2,1-4H3,(H,12,16). The Morgan fingerprint density at radius 1 is 1.62 bits per heavy atom. The molecule has 0 aliphatic heterocycles. The van der Waals surface area contributed by atoms with Crippen LogP contribution in [-0.4, -0.2) is 33.4 Å². The predicted octanol–water partition coefficient (Wildman–Crippen LogP) is 1.44. The average Bonchev–Trinajstić information content (AvgIpc) is 2.57. The van der Waals surface area contributed by atoms with E-state index in [4.69, 9.17) is 12.2 Å². The van der Waals surface area contributed by atoms with Crippen molar-refractivity contribution < 1.29 is 0 Å². The van der Waals surface area contributed by atoms with Crippen LogP contribution >= 0.6 is 12.2 Å². The van der Waals surface area contributed by atoms with Crippen molar-refractivity contribution in [2.24, 2.45) is 7.05 Å². The van der Waals surface area contributed by atoms with Gasteiger partial charge in [-0.1, -0.05) is 6.92 Å². The van der Waals surface area contributed by atoms with Crippen molar-refractivity contribution in [3.05, 3.63) is 17.5 Å². The molecule has 1 aromatic heterocycles. The lowest BCUT2D eigenvalue weighted by Gasteiger charge is -2.20. The highest BCUT2D eigenvalue weighted by atomic mass is 32.1. The molecule has 1 aromatic rings. The van der Waals surface area contributed by atoms with Gasteiger partial charge in [-0.25, -0.2) is 0 Å². The van der Waals surface area contributed by atoms with E-state index in [9.17, 15) is 0 Å². The number of aromatic nitrogens is 2. The maximum atomic E-state index is 5.28. The van der Waals surface area contributed by atoms with Crippen LogP contribution in [0.3, 0.4) is 0 Å². The van der Waals surface area contributed by atoms with Crippen molar-refractivity contribution in [2.75, 3.05) is 13.6 Å². The Hall–Kier alpha value is -1.10. The van der Waals surface area contributed by atoms with Gasteiger partial charge in [0.2, 0.25) is 0 Å². The Kier molecular flexibility index (Phi) is 4.73. The third kappa shape index (κ3) is 3.20. The van der Waals surface area contributed by atoms with Gasteiger partial charge in [-0.05, 0) is 25.6 Å². The van der Waals surface area contributed by atoms with E-state index in [2.05, 4.69) is 24.3 Å². The molecule has 0 radical (unpaired) electrons. The van der Waals surface area contributed by atoms with Crippen molar-refractivity contribution in [3.63, 3.8) is 0 Å². The Labute approximate surface area is 103 Å². The molecule has 0 amide bonds. The fourth-order valence-electron chi connectivity index (χ4n) is 1.39. The van der Waals surface area contributed by atoms with Gasteiger partial charge in [-0.3, -0.25) is 4.68 Å². The van der Waals surface area contributed by atoms with E-state index in [0.29, 0.717) is 0 Å². The highest BCUT2D eigenvalue weighted by Crippen LogP contribution is 2.08. The van der Waals surface area contributed by atoms with E-state index < -0.39 is 0 Å². The zero-order valence-electron chi connectivity index (χ0n) is 10.4. The quantitative estimate of drug-likeness (QED) is 0.808. The molecular weight excluding hydrogens is 220 g/mol. The maximum absolute atomic E-state index is 5.28. The minimum atomic E-state index is 0.796. The zero-order chi connectivity index (χ0) is 12.1. The van der Waals surface area contributed by atoms with Crippen molar-refractivity contribution in [2.45, 2.75) is 26.8 Å². The van der Waals surface area contributed by atoms with E-state index >= 15 is 0 Å². The summed E-state index contributed by atoms with van der Waals surface area (Å²) in [6, 6.07) is 0. The third-order valence-electron chi connectivity index (χ3n) is 2.62. The molecule has 5 heteroatoms. The summed E-state index contributed by atoms with van der Waals surface area (Å²) in [5.41, 5.74) is 2.40. The molecule has 0 saturated carbocycles. The second-order valence-corrected chi connectivity index (χ2v) is 4.35. The summed E-state index contributed by atoms with van der Waals surface area (Å²) in [4.78, 5) is 2.04. The van der Waals surface area contributed by atoms with Crippen LogP contribution in [0.25, 0.3) is 0 Å². The smallest absolute Gasteiger partial charge is 0.168 e. The number of hydrogen-bond acceptors (Lipinski definition) is 2. The molecule has 0 unspecified atom stereocenters. The van der Waals surface area contributed by atoms with Gasteiger partial charge in [0.1, 0.15) is 0 Å². The van der Waals surface area contributed by atoms with Crippen LogP contribution < -0.4 is 5.32 Å². The van der Waals surface area contributed by atoms with Gasteiger partial charge < -0.3 is 10.2 Å². The first-order valence-electron chi connectivity index (χ1n) is 5.52. The molecule has 0 aliphatic carbocycles. The summed E-state index contributed by atoms with van der Waals surface area (Å²) >= 11 is 5.28. The van der Waals surface area contributed by atoms with Gasteiger partial charge in [-0.2, -0.15) is 5.10 Å². The first-order chi connectivity index (χ1) is 7.56. The minimum Gasteiger partial charge on any atom is -0.363 e. The fraction of sp³-hybridized carbons (Fsp3) is 0.636. The lowest BCUT2D eigenvalue weighted by atomic mass is 10.2. The lowest BCUT2D eigenvalue weighted by molar-refractivity contribution is 0.487. The number of hydrogen-bond donors (Lipinski definition) is 1. The molecule has 0 bridgehead atoms. The molecule has 0 atom stereocenters. The first-order valence-corrected chi connectivity index (χ1v) is 5.93. The second-order valence-electron chi connectivity index (χ2n) is 3.97. The molecule has 1 N–H and O–H groups in total. The fourth-order valence-corrected chi connectivity index (χ4v) is 1.56. The molecule has 16 heavy (non-hydrogen) atoms. The summed E-state index contributed by atoms with van der Waals surface area (Å²) in [7, 11) is 3.95. The molecule has 90 valence electrons. The molecule has 4 nitrogen and oxygen atoms in total. The molecule has 0 fully saturated rings. The highest BCUT2D eigenvalue weighted by Gasteiger charge is 2.08. The van der Waals surface area contributed by atoms with Gasteiger partial charge in [0.25, 0.3) is 0 Å². The van der Waals surface area contributed by atoms with E-state index in [1.54, 1.807) is 0 Å². The Balaban J connectivity index is 2.54. The van der Waals surface area contributed by atoms with E-state index in [0.717, 1.165) is 24.6 Å². The summed E-state index contributed by atoms with van der Waals surface area (Å²) in [6.07, 6.45) is 2.98. The van der Waals surface area contributed by atoms with Gasteiger partial charge in [0, 0.05) is 38.4 Å². The average molecular weight is 240 g/mol. The summed E-state index contributed by atoms with van der Waals surface area (Å²) in [6.45, 7) is 5.92. The summed E-state index contributed by atoms with van der Waals surface area (Å²) < 4.78 is 1.88. The maximum Gasteiger partial charge on any atom is 0.168 e. The number of aryl methyl sites for hydroxylation is 1. The van der Waals surface area contributed by atoms with Crippen LogP contribution in [0.2, 0.25) is 0 Å². The molecule has 1 heterocycles. The minimum absolute atomic E-state index is 0.796. The number of thiocarbonyl (C=S) groups is 1. The number of nitrogens with one attached hydrogen (secondary N) is 1. The molecule has 0 spiro atoms. The van der Waals surface area contributed by atoms with E-state index in [-0.39, 0.29) is 0 Å². The largest absolute Gasteiger partial charge is 0.363 e. The van der Waals surface area contributed by atoms with E-state index in [1.165, 1.54) is 11.3 Å². The summed E-state index contributed by atoms with van der Waals surface area (Å²) in [5, 5.41) is 8.22. The Morgan fingerprint density at radius 2 is 2.31 bits per heavy atom. The summed E-state index contributed by atoms with van der Waals surface area (Å²) in [5.74, 6) is 0. The molecule has 0 aliphatic rings. The van der Waals surface area contributed by atoms with Crippen molar-refractivity contribution >= 4 is 17.3 Å². The highest BCUT2D eigenvalue weighted by molar-refractivity contribution is 7.80. The monoisotopic (exact) mass is 240 g/mol. The Bertz CT molecular complexity index is 359. The zero-order valence-corrected chi connectivity index (χ0v) is 11.3. The van der Waals surface area contributed by atoms with Crippen molar-refractivity contribution in [3.8, 4) is 0 Å². The van der Waals surface area contributed by atoms with E-state index in [1.807, 2.05) is 29.9 Å². The van der Waals surface area contributed by atoms with Crippen LogP contribution in [0.5, 0.6) is 0 Å². The molecule has 0 saturated heterocycles. The van der Waals surface area contributed by atoms with Gasteiger partial charge in [0.05, 0.1) is 6.20 Å². The SMILES string of the molecule is CCCNC(=S)N(C)Cc1cnn(C)c1C. The lowest BCUT2D eigenvalue weighted by Crippen LogP contribution is -2.36. The van der Waals surface area contributed by atoms with Crippen LogP contribution in [-0.2, 0) is 13.6 Å². The number of rotatable bonds is 4. The normalized spacial score (nSPS) is 10.2. The predicted molar refractivity (Wildman–Crippen MR) is 70.3 cm³/mol. The number of nitrogens with zero attached hydrogens (tertiary/aromatic N) is 3. The van der Waals surface area contributed by atoms with Crippen LogP contribution in [0, 0.1) is 6.92 Å². The second kappa shape index (κ2) is 5.84.